The molecule has 0 aliphatic carbocycles. The van der Waals surface area contributed by atoms with Crippen LogP contribution in [0.1, 0.15) is 52.2 Å². The second-order valence-corrected chi connectivity index (χ2v) is 9.76. The zero-order valence-electron chi connectivity index (χ0n) is 17.7. The maximum atomic E-state index is 6.53. The number of nitrogens with one attached hydrogen (secondary N) is 1. The van der Waals surface area contributed by atoms with Crippen LogP contribution >= 0.6 is 23.2 Å². The van der Waals surface area contributed by atoms with Gasteiger partial charge in [0.25, 0.3) is 0 Å². The average Bonchev–Trinajstić information content (AvgIpc) is 2.58. The predicted molar refractivity (Wildman–Crippen MR) is 119 cm³/mol. The van der Waals surface area contributed by atoms with E-state index >= 15 is 0 Å². The Hall–Kier alpha value is -1.42. The zero-order chi connectivity index (χ0) is 20.9. The van der Waals surface area contributed by atoms with Gasteiger partial charge in [-0.2, -0.15) is 0 Å². The summed E-state index contributed by atoms with van der Waals surface area (Å²) in [5, 5.41) is 4.93. The minimum absolute atomic E-state index is 0.00591. The summed E-state index contributed by atoms with van der Waals surface area (Å²) >= 11 is 12.7. The molecular weight excluding hydrogens is 393 g/mol. The van der Waals surface area contributed by atoms with Crippen molar-refractivity contribution in [3.05, 3.63) is 57.6 Å². The van der Waals surface area contributed by atoms with Crippen molar-refractivity contribution in [2.75, 3.05) is 7.11 Å². The first-order valence-corrected chi connectivity index (χ1v) is 10.2. The van der Waals surface area contributed by atoms with E-state index in [1.54, 1.807) is 7.11 Å². The van der Waals surface area contributed by atoms with Crippen LogP contribution in [-0.4, -0.2) is 12.6 Å². The van der Waals surface area contributed by atoms with Crippen LogP contribution in [0, 0.1) is 5.41 Å². The van der Waals surface area contributed by atoms with E-state index in [9.17, 15) is 0 Å². The Balaban J connectivity index is 2.11. The molecule has 0 aliphatic heterocycles. The molecular formula is C23H31Cl2NO2. The smallest absolute Gasteiger partial charge is 0.163 e. The highest BCUT2D eigenvalue weighted by Gasteiger charge is 2.25. The lowest BCUT2D eigenvalue weighted by Crippen LogP contribution is -2.41. The average molecular weight is 424 g/mol. The molecule has 0 aromatic heterocycles. The molecule has 0 spiro atoms. The minimum atomic E-state index is -0.00591. The fourth-order valence-corrected chi connectivity index (χ4v) is 3.89. The summed E-state index contributed by atoms with van der Waals surface area (Å²) in [7, 11) is 1.63. The first-order chi connectivity index (χ1) is 13.0. The molecule has 5 heteroatoms. The summed E-state index contributed by atoms with van der Waals surface area (Å²) in [4.78, 5) is 0. The van der Waals surface area contributed by atoms with Gasteiger partial charge in [-0.15, -0.1) is 0 Å². The van der Waals surface area contributed by atoms with E-state index in [1.165, 1.54) is 0 Å². The van der Waals surface area contributed by atoms with Crippen molar-refractivity contribution in [1.29, 1.82) is 0 Å². The second kappa shape index (κ2) is 9.39. The van der Waals surface area contributed by atoms with E-state index in [-0.39, 0.29) is 11.0 Å². The molecule has 3 nitrogen and oxygen atoms in total. The molecule has 0 amide bonds. The van der Waals surface area contributed by atoms with E-state index in [2.05, 4.69) is 39.9 Å². The highest BCUT2D eigenvalue weighted by Crippen LogP contribution is 2.35. The highest BCUT2D eigenvalue weighted by atomic mass is 35.5. The Morgan fingerprint density at radius 3 is 2.18 bits per heavy atom. The van der Waals surface area contributed by atoms with Crippen molar-refractivity contribution in [3.63, 3.8) is 0 Å². The maximum Gasteiger partial charge on any atom is 0.163 e. The molecule has 0 saturated heterocycles. The standard InChI is InChI=1S/C23H31Cl2NO2/c1-22(2,3)15-23(4,5)26-13-17-11-20(27-6)21(12-19(17)25)28-14-16-9-7-8-10-18(16)24/h7-12,26H,13-15H2,1-6H3. The molecule has 0 fully saturated rings. The Bertz CT molecular complexity index is 798. The van der Waals surface area contributed by atoms with Gasteiger partial charge in [0, 0.05) is 33.8 Å². The molecule has 0 unspecified atom stereocenters. The van der Waals surface area contributed by atoms with Gasteiger partial charge in [0.05, 0.1) is 7.11 Å². The summed E-state index contributed by atoms with van der Waals surface area (Å²) in [5.74, 6) is 1.26. The van der Waals surface area contributed by atoms with Gasteiger partial charge < -0.3 is 14.8 Å². The summed E-state index contributed by atoms with van der Waals surface area (Å²) < 4.78 is 11.5. The molecule has 0 bridgehead atoms. The third-order valence-corrected chi connectivity index (χ3v) is 5.12. The van der Waals surface area contributed by atoms with Crippen LogP contribution in [0.15, 0.2) is 36.4 Å². The Morgan fingerprint density at radius 2 is 1.57 bits per heavy atom. The summed E-state index contributed by atoms with van der Waals surface area (Å²) in [5.41, 5.74) is 2.13. The van der Waals surface area contributed by atoms with Gasteiger partial charge in [0.2, 0.25) is 0 Å². The van der Waals surface area contributed by atoms with E-state index in [1.807, 2.05) is 36.4 Å². The normalized spacial score (nSPS) is 12.1. The molecule has 0 atom stereocenters. The van der Waals surface area contributed by atoms with Crippen LogP contribution in [0.4, 0.5) is 0 Å². The van der Waals surface area contributed by atoms with Gasteiger partial charge in [-0.3, -0.25) is 0 Å². The van der Waals surface area contributed by atoms with Crippen LogP contribution < -0.4 is 14.8 Å². The van der Waals surface area contributed by atoms with Crippen molar-refractivity contribution >= 4 is 23.2 Å². The highest BCUT2D eigenvalue weighted by molar-refractivity contribution is 6.31. The topological polar surface area (TPSA) is 30.5 Å². The lowest BCUT2D eigenvalue weighted by atomic mass is 9.82. The van der Waals surface area contributed by atoms with E-state index < -0.39 is 0 Å². The largest absolute Gasteiger partial charge is 0.493 e. The Morgan fingerprint density at radius 1 is 0.893 bits per heavy atom. The van der Waals surface area contributed by atoms with E-state index in [4.69, 9.17) is 32.7 Å². The number of rotatable bonds is 8. The molecule has 1 N–H and O–H groups in total. The fourth-order valence-electron chi connectivity index (χ4n) is 3.48. The van der Waals surface area contributed by atoms with Gasteiger partial charge in [0.15, 0.2) is 11.5 Å². The Labute approximate surface area is 179 Å². The monoisotopic (exact) mass is 423 g/mol. The van der Waals surface area contributed by atoms with Crippen molar-refractivity contribution in [2.24, 2.45) is 5.41 Å². The van der Waals surface area contributed by atoms with Crippen molar-refractivity contribution < 1.29 is 9.47 Å². The fraction of sp³-hybridized carbons (Fsp3) is 0.478. The Kier molecular flexibility index (Phi) is 7.66. The number of benzene rings is 2. The molecule has 0 radical (unpaired) electrons. The summed E-state index contributed by atoms with van der Waals surface area (Å²) in [6, 6.07) is 11.4. The molecule has 2 aromatic rings. The number of hydrogen-bond acceptors (Lipinski definition) is 3. The molecule has 2 aromatic carbocycles. The molecule has 2 rings (SSSR count). The summed E-state index contributed by atoms with van der Waals surface area (Å²) in [6.45, 7) is 12.2. The van der Waals surface area contributed by atoms with Crippen molar-refractivity contribution in [1.82, 2.24) is 5.32 Å². The first-order valence-electron chi connectivity index (χ1n) is 9.48. The number of methoxy groups -OCH3 is 1. The third kappa shape index (κ3) is 6.88. The quantitative estimate of drug-likeness (QED) is 0.501. The summed E-state index contributed by atoms with van der Waals surface area (Å²) in [6.07, 6.45) is 1.05. The van der Waals surface area contributed by atoms with Crippen molar-refractivity contribution in [2.45, 2.75) is 59.7 Å². The van der Waals surface area contributed by atoms with Crippen LogP contribution in [-0.2, 0) is 13.2 Å². The van der Waals surface area contributed by atoms with E-state index in [0.717, 1.165) is 17.5 Å². The predicted octanol–water partition coefficient (Wildman–Crippen LogP) is 6.89. The van der Waals surface area contributed by atoms with Crippen molar-refractivity contribution in [3.8, 4) is 11.5 Å². The van der Waals surface area contributed by atoms with Crippen LogP contribution in [0.5, 0.6) is 11.5 Å². The SMILES string of the molecule is COc1cc(CNC(C)(C)CC(C)(C)C)c(Cl)cc1OCc1ccccc1Cl. The molecule has 0 aliphatic rings. The lowest BCUT2D eigenvalue weighted by molar-refractivity contribution is 0.240. The number of hydrogen-bond donors (Lipinski definition) is 1. The van der Waals surface area contributed by atoms with Crippen LogP contribution in [0.3, 0.4) is 0 Å². The van der Waals surface area contributed by atoms with Crippen LogP contribution in [0.25, 0.3) is 0 Å². The maximum absolute atomic E-state index is 6.53. The van der Waals surface area contributed by atoms with Gasteiger partial charge in [-0.1, -0.05) is 62.2 Å². The lowest BCUT2D eigenvalue weighted by Gasteiger charge is -2.33. The first kappa shape index (κ1) is 22.9. The van der Waals surface area contributed by atoms with E-state index in [0.29, 0.717) is 34.7 Å². The zero-order valence-corrected chi connectivity index (χ0v) is 19.2. The minimum Gasteiger partial charge on any atom is -0.493 e. The van der Waals surface area contributed by atoms with Gasteiger partial charge >= 0.3 is 0 Å². The van der Waals surface area contributed by atoms with Gasteiger partial charge in [0.1, 0.15) is 6.61 Å². The van der Waals surface area contributed by atoms with Gasteiger partial charge in [-0.25, -0.2) is 0 Å². The van der Waals surface area contributed by atoms with Crippen LogP contribution in [0.2, 0.25) is 10.0 Å². The number of ether oxygens (including phenoxy) is 2. The molecule has 154 valence electrons. The number of halogens is 2. The molecule has 28 heavy (non-hydrogen) atoms. The second-order valence-electron chi connectivity index (χ2n) is 8.95. The molecule has 0 heterocycles. The van der Waals surface area contributed by atoms with Gasteiger partial charge in [-0.05, 0) is 43.4 Å². The third-order valence-electron chi connectivity index (χ3n) is 4.40. The molecule has 0 saturated carbocycles.